The largest absolute Gasteiger partial charge is 0.336 e. The van der Waals surface area contributed by atoms with E-state index in [-0.39, 0.29) is 5.91 Å². The fourth-order valence-electron chi connectivity index (χ4n) is 2.94. The van der Waals surface area contributed by atoms with Crippen molar-refractivity contribution in [1.29, 1.82) is 0 Å². The van der Waals surface area contributed by atoms with Gasteiger partial charge >= 0.3 is 0 Å². The quantitative estimate of drug-likeness (QED) is 0.705. The van der Waals surface area contributed by atoms with Crippen LogP contribution in [0, 0.1) is 6.92 Å². The van der Waals surface area contributed by atoms with Crippen molar-refractivity contribution in [2.45, 2.75) is 33.2 Å². The first-order valence-corrected chi connectivity index (χ1v) is 8.50. The van der Waals surface area contributed by atoms with Gasteiger partial charge in [-0.1, -0.05) is 43.1 Å². The van der Waals surface area contributed by atoms with Crippen LogP contribution in [0.4, 0.5) is 5.82 Å². The number of rotatable bonds is 5. The summed E-state index contributed by atoms with van der Waals surface area (Å²) in [7, 11) is 0. The number of unbranched alkanes of at least 4 members (excludes halogenated alkanes) is 1. The lowest BCUT2D eigenvalue weighted by atomic mass is 10.1. The van der Waals surface area contributed by atoms with Gasteiger partial charge < -0.3 is 9.88 Å². The molecule has 4 nitrogen and oxygen atoms in total. The lowest BCUT2D eigenvalue weighted by Gasteiger charge is -2.11. The Labute approximate surface area is 146 Å². The molecule has 1 aromatic carbocycles. The molecule has 5 heteroatoms. The second-order valence-electron chi connectivity index (χ2n) is 5.81. The van der Waals surface area contributed by atoms with Gasteiger partial charge in [-0.2, -0.15) is 0 Å². The summed E-state index contributed by atoms with van der Waals surface area (Å²) in [4.78, 5) is 17.0. The molecule has 24 heavy (non-hydrogen) atoms. The highest BCUT2D eigenvalue weighted by molar-refractivity contribution is 6.30. The van der Waals surface area contributed by atoms with Crippen LogP contribution in [0.25, 0.3) is 10.9 Å². The van der Waals surface area contributed by atoms with Crippen LogP contribution in [0.15, 0.2) is 42.6 Å². The Morgan fingerprint density at radius 2 is 2.04 bits per heavy atom. The number of halogens is 1. The number of pyridine rings is 1. The van der Waals surface area contributed by atoms with Crippen LogP contribution >= 0.6 is 11.6 Å². The lowest BCUT2D eigenvalue weighted by molar-refractivity contribution is 0.101. The van der Waals surface area contributed by atoms with E-state index in [1.165, 1.54) is 6.20 Å². The van der Waals surface area contributed by atoms with Crippen LogP contribution in [0.2, 0.25) is 5.02 Å². The van der Waals surface area contributed by atoms with E-state index in [0.717, 1.165) is 35.9 Å². The van der Waals surface area contributed by atoms with Crippen LogP contribution < -0.4 is 5.32 Å². The normalized spacial score (nSPS) is 11.0. The second kappa shape index (κ2) is 7.05. The minimum Gasteiger partial charge on any atom is -0.336 e. The van der Waals surface area contributed by atoms with E-state index in [0.29, 0.717) is 16.5 Å². The van der Waals surface area contributed by atoms with Crippen molar-refractivity contribution in [3.8, 4) is 0 Å². The molecule has 3 rings (SSSR count). The zero-order chi connectivity index (χ0) is 17.1. The molecule has 2 heterocycles. The molecule has 3 aromatic rings. The van der Waals surface area contributed by atoms with E-state index in [1.807, 2.05) is 19.1 Å². The van der Waals surface area contributed by atoms with Crippen LogP contribution in [0.5, 0.6) is 0 Å². The number of anilines is 1. The van der Waals surface area contributed by atoms with Gasteiger partial charge in [-0.05, 0) is 37.1 Å². The maximum atomic E-state index is 12.9. The summed E-state index contributed by atoms with van der Waals surface area (Å²) in [6.45, 7) is 4.96. The molecule has 0 unspecified atom stereocenters. The molecule has 0 aliphatic carbocycles. The summed E-state index contributed by atoms with van der Waals surface area (Å²) >= 11 is 5.85. The van der Waals surface area contributed by atoms with Gasteiger partial charge in [-0.15, -0.1) is 0 Å². The molecule has 124 valence electrons. The summed E-state index contributed by atoms with van der Waals surface area (Å²) in [5.74, 6) is 0.353. The van der Waals surface area contributed by atoms with Gasteiger partial charge in [0.15, 0.2) is 0 Å². The standard InChI is InChI=1S/C19H20ClN3O/c1-3-4-11-23-16-8-6-5-7-15(16)13(2)18(23)19(24)22-17-10-9-14(20)12-21-17/h5-10,12H,3-4,11H2,1-2H3,(H,21,22,24). The Morgan fingerprint density at radius 3 is 2.75 bits per heavy atom. The van der Waals surface area contributed by atoms with Crippen LogP contribution in [-0.4, -0.2) is 15.5 Å². The average Bonchev–Trinajstić information content (AvgIpc) is 2.88. The van der Waals surface area contributed by atoms with E-state index >= 15 is 0 Å². The van der Waals surface area contributed by atoms with Gasteiger partial charge in [-0.3, -0.25) is 4.79 Å². The smallest absolute Gasteiger partial charge is 0.273 e. The molecular formula is C19H20ClN3O. The monoisotopic (exact) mass is 341 g/mol. The predicted octanol–water partition coefficient (Wildman–Crippen LogP) is 5.05. The minimum atomic E-state index is -0.144. The molecule has 0 saturated heterocycles. The molecule has 0 fully saturated rings. The van der Waals surface area contributed by atoms with Gasteiger partial charge in [0.1, 0.15) is 11.5 Å². The van der Waals surface area contributed by atoms with Gasteiger partial charge in [0, 0.05) is 23.6 Å². The number of nitrogens with zero attached hydrogens (tertiary/aromatic N) is 2. The van der Waals surface area contributed by atoms with E-state index in [1.54, 1.807) is 12.1 Å². The summed E-state index contributed by atoms with van der Waals surface area (Å²) in [6, 6.07) is 11.5. The Balaban J connectivity index is 2.01. The Bertz CT molecular complexity index is 868. The molecule has 0 aliphatic heterocycles. The number of fused-ring (bicyclic) bond motifs is 1. The molecular weight excluding hydrogens is 322 g/mol. The summed E-state index contributed by atoms with van der Waals surface area (Å²) in [6.07, 6.45) is 3.62. The van der Waals surface area contributed by atoms with Crippen molar-refractivity contribution in [2.24, 2.45) is 0 Å². The zero-order valence-corrected chi connectivity index (χ0v) is 14.6. The van der Waals surface area contributed by atoms with Gasteiger partial charge in [0.05, 0.1) is 5.02 Å². The van der Waals surface area contributed by atoms with Crippen molar-refractivity contribution in [3.05, 3.63) is 58.9 Å². The molecule has 2 aromatic heterocycles. The first kappa shape index (κ1) is 16.5. The third-order valence-corrected chi connectivity index (χ3v) is 4.37. The van der Waals surface area contributed by atoms with E-state index in [9.17, 15) is 4.79 Å². The topological polar surface area (TPSA) is 46.9 Å². The third-order valence-electron chi connectivity index (χ3n) is 4.14. The van der Waals surface area contributed by atoms with Gasteiger partial charge in [0.2, 0.25) is 0 Å². The number of aryl methyl sites for hydroxylation is 2. The highest BCUT2D eigenvalue weighted by Crippen LogP contribution is 2.27. The van der Waals surface area contributed by atoms with E-state index < -0.39 is 0 Å². The van der Waals surface area contributed by atoms with Crippen molar-refractivity contribution in [3.63, 3.8) is 0 Å². The van der Waals surface area contributed by atoms with Gasteiger partial charge in [0.25, 0.3) is 5.91 Å². The lowest BCUT2D eigenvalue weighted by Crippen LogP contribution is -2.19. The van der Waals surface area contributed by atoms with E-state index in [4.69, 9.17) is 11.6 Å². The van der Waals surface area contributed by atoms with Crippen LogP contribution in [-0.2, 0) is 6.54 Å². The summed E-state index contributed by atoms with van der Waals surface area (Å²) < 4.78 is 2.11. The number of carbonyl (C=O) groups is 1. The number of para-hydroxylation sites is 1. The van der Waals surface area contributed by atoms with Crippen molar-refractivity contribution >= 4 is 34.2 Å². The summed E-state index contributed by atoms with van der Waals surface area (Å²) in [5.41, 5.74) is 2.78. The number of hydrogen-bond acceptors (Lipinski definition) is 2. The number of nitrogens with one attached hydrogen (secondary N) is 1. The number of aromatic nitrogens is 2. The third kappa shape index (κ3) is 3.15. The maximum Gasteiger partial charge on any atom is 0.273 e. The highest BCUT2D eigenvalue weighted by atomic mass is 35.5. The maximum absolute atomic E-state index is 12.9. The first-order valence-electron chi connectivity index (χ1n) is 8.12. The average molecular weight is 342 g/mol. The molecule has 0 bridgehead atoms. The molecule has 0 spiro atoms. The highest BCUT2D eigenvalue weighted by Gasteiger charge is 2.20. The molecule has 0 aliphatic rings. The van der Waals surface area contributed by atoms with Crippen molar-refractivity contribution in [2.75, 3.05) is 5.32 Å². The first-order chi connectivity index (χ1) is 11.6. The van der Waals surface area contributed by atoms with E-state index in [2.05, 4.69) is 33.9 Å². The number of benzene rings is 1. The number of amides is 1. The Kier molecular flexibility index (Phi) is 4.86. The Hall–Kier alpha value is -2.33. The fourth-order valence-corrected chi connectivity index (χ4v) is 3.05. The van der Waals surface area contributed by atoms with Gasteiger partial charge in [-0.25, -0.2) is 4.98 Å². The Morgan fingerprint density at radius 1 is 1.25 bits per heavy atom. The molecule has 1 amide bonds. The fraction of sp³-hybridized carbons (Fsp3) is 0.263. The van der Waals surface area contributed by atoms with Crippen LogP contribution in [0.1, 0.15) is 35.8 Å². The SMILES string of the molecule is CCCCn1c(C(=O)Nc2ccc(Cl)cn2)c(C)c2ccccc21. The van der Waals surface area contributed by atoms with Crippen LogP contribution in [0.3, 0.4) is 0 Å². The molecule has 0 saturated carbocycles. The van der Waals surface area contributed by atoms with Crippen molar-refractivity contribution in [1.82, 2.24) is 9.55 Å². The molecule has 1 N–H and O–H groups in total. The molecule has 0 atom stereocenters. The minimum absolute atomic E-state index is 0.144. The number of carbonyl (C=O) groups excluding carboxylic acids is 1. The summed E-state index contributed by atoms with van der Waals surface area (Å²) in [5, 5.41) is 4.53. The molecule has 0 radical (unpaired) electrons. The predicted molar refractivity (Wildman–Crippen MR) is 98.8 cm³/mol. The van der Waals surface area contributed by atoms with Crippen molar-refractivity contribution < 1.29 is 4.79 Å². The zero-order valence-electron chi connectivity index (χ0n) is 13.8. The number of hydrogen-bond donors (Lipinski definition) is 1. The second-order valence-corrected chi connectivity index (χ2v) is 6.25.